The number of thiazole rings is 1. The minimum atomic E-state index is -4.48. The van der Waals surface area contributed by atoms with Crippen LogP contribution in [0, 0.1) is 11.6 Å². The monoisotopic (exact) mass is 404 g/mol. The summed E-state index contributed by atoms with van der Waals surface area (Å²) in [7, 11) is 0. The zero-order valence-electron chi connectivity index (χ0n) is 14.1. The van der Waals surface area contributed by atoms with E-state index < -0.39 is 29.1 Å². The Balaban J connectivity index is 1.53. The normalized spacial score (nSPS) is 28.0. The van der Waals surface area contributed by atoms with Crippen molar-refractivity contribution < 1.29 is 27.1 Å². The maximum atomic E-state index is 14.0. The van der Waals surface area contributed by atoms with Crippen molar-refractivity contribution in [2.75, 3.05) is 4.90 Å². The molecule has 0 amide bonds. The van der Waals surface area contributed by atoms with Crippen molar-refractivity contribution in [3.8, 4) is 0 Å². The number of hydrogen-bond donors (Lipinski definition) is 1. The van der Waals surface area contributed by atoms with Crippen LogP contribution in [0.15, 0.2) is 23.6 Å². The van der Waals surface area contributed by atoms with Crippen molar-refractivity contribution >= 4 is 16.5 Å². The van der Waals surface area contributed by atoms with Gasteiger partial charge < -0.3 is 10.0 Å². The Morgan fingerprint density at radius 3 is 2.41 bits per heavy atom. The third-order valence-corrected chi connectivity index (χ3v) is 6.24. The molecule has 2 aromatic rings. The highest BCUT2D eigenvalue weighted by atomic mass is 32.1. The Labute approximate surface area is 156 Å². The molecule has 2 fully saturated rings. The van der Waals surface area contributed by atoms with Crippen LogP contribution in [0.3, 0.4) is 0 Å². The first-order valence-electron chi connectivity index (χ1n) is 8.62. The van der Waals surface area contributed by atoms with E-state index in [4.69, 9.17) is 0 Å². The smallest absolute Gasteiger partial charge is 0.389 e. The van der Waals surface area contributed by atoms with Gasteiger partial charge in [-0.05, 0) is 37.3 Å². The van der Waals surface area contributed by atoms with Gasteiger partial charge in [-0.2, -0.15) is 13.2 Å². The summed E-state index contributed by atoms with van der Waals surface area (Å²) in [6, 6.07) is 2.97. The van der Waals surface area contributed by atoms with Gasteiger partial charge in [0.2, 0.25) is 0 Å². The summed E-state index contributed by atoms with van der Waals surface area (Å²) in [5, 5.41) is 12.3. The van der Waals surface area contributed by atoms with Crippen LogP contribution in [0.4, 0.5) is 27.1 Å². The second-order valence-corrected chi connectivity index (χ2v) is 8.19. The highest BCUT2D eigenvalue weighted by Crippen LogP contribution is 2.46. The van der Waals surface area contributed by atoms with Gasteiger partial charge in [0.05, 0.1) is 5.60 Å². The van der Waals surface area contributed by atoms with E-state index in [0.717, 1.165) is 41.7 Å². The quantitative estimate of drug-likeness (QED) is 0.763. The SMILES string of the molecule is OC1(Cc2ccc(F)cc2F)C[C@H]2CC[C@@H](C1)N2c1nc(C(F)(F)F)cs1. The van der Waals surface area contributed by atoms with Crippen LogP contribution in [-0.4, -0.2) is 27.8 Å². The van der Waals surface area contributed by atoms with Crippen molar-refractivity contribution in [2.45, 2.75) is 56.0 Å². The fourth-order valence-electron chi connectivity index (χ4n) is 4.31. The van der Waals surface area contributed by atoms with Gasteiger partial charge in [-0.3, -0.25) is 0 Å². The van der Waals surface area contributed by atoms with Crippen LogP contribution in [0.25, 0.3) is 0 Å². The fourth-order valence-corrected chi connectivity index (χ4v) is 5.29. The van der Waals surface area contributed by atoms with Crippen molar-refractivity contribution in [1.82, 2.24) is 4.98 Å². The number of aromatic nitrogens is 1. The zero-order valence-corrected chi connectivity index (χ0v) is 15.0. The molecule has 0 radical (unpaired) electrons. The van der Waals surface area contributed by atoms with E-state index in [1.807, 2.05) is 4.90 Å². The fraction of sp³-hybridized carbons (Fsp3) is 0.500. The minimum Gasteiger partial charge on any atom is -0.389 e. The number of rotatable bonds is 3. The molecule has 3 heterocycles. The molecule has 0 spiro atoms. The van der Waals surface area contributed by atoms with Gasteiger partial charge in [0, 0.05) is 30.0 Å². The van der Waals surface area contributed by atoms with Gasteiger partial charge in [0.1, 0.15) is 11.6 Å². The highest BCUT2D eigenvalue weighted by Gasteiger charge is 2.49. The topological polar surface area (TPSA) is 36.4 Å². The molecule has 2 aliphatic rings. The Bertz CT molecular complexity index is 839. The average molecular weight is 404 g/mol. The van der Waals surface area contributed by atoms with Crippen LogP contribution < -0.4 is 4.90 Å². The van der Waals surface area contributed by atoms with Gasteiger partial charge in [0.25, 0.3) is 0 Å². The van der Waals surface area contributed by atoms with Crippen molar-refractivity contribution in [3.05, 3.63) is 46.5 Å². The number of aliphatic hydroxyl groups is 1. The van der Waals surface area contributed by atoms with Gasteiger partial charge >= 0.3 is 6.18 Å². The number of anilines is 1. The van der Waals surface area contributed by atoms with Crippen LogP contribution in [-0.2, 0) is 12.6 Å². The standard InChI is InChI=1S/C18H17F5N2OS/c19-11-2-1-10(14(20)5-11)6-17(26)7-12-3-4-13(8-17)25(12)16-24-15(9-27-16)18(21,22)23/h1-2,5,9,12-13,26H,3-4,6-8H2/t12-,13+,17?. The first-order chi connectivity index (χ1) is 12.6. The molecule has 1 N–H and O–H groups in total. The summed E-state index contributed by atoms with van der Waals surface area (Å²) in [6.07, 6.45) is -2.35. The number of piperidine rings is 1. The molecule has 3 nitrogen and oxygen atoms in total. The first kappa shape index (κ1) is 18.6. The predicted octanol–water partition coefficient (Wildman–Crippen LogP) is 4.55. The summed E-state index contributed by atoms with van der Waals surface area (Å²) in [6.45, 7) is 0. The Hall–Kier alpha value is -1.74. The van der Waals surface area contributed by atoms with Crippen LogP contribution in [0.1, 0.15) is 36.9 Å². The molecule has 2 saturated heterocycles. The largest absolute Gasteiger partial charge is 0.434 e. The van der Waals surface area contributed by atoms with E-state index >= 15 is 0 Å². The summed E-state index contributed by atoms with van der Waals surface area (Å²) >= 11 is 0.950. The molecule has 146 valence electrons. The van der Waals surface area contributed by atoms with Gasteiger partial charge in [-0.1, -0.05) is 6.07 Å². The lowest BCUT2D eigenvalue weighted by Gasteiger charge is -2.44. The molecular formula is C18H17F5N2OS. The molecule has 3 atom stereocenters. The second-order valence-electron chi connectivity index (χ2n) is 7.35. The maximum Gasteiger partial charge on any atom is 0.434 e. The number of benzene rings is 1. The maximum absolute atomic E-state index is 14.0. The van der Waals surface area contributed by atoms with Crippen molar-refractivity contribution in [3.63, 3.8) is 0 Å². The highest BCUT2D eigenvalue weighted by molar-refractivity contribution is 7.13. The second kappa shape index (κ2) is 6.41. The van der Waals surface area contributed by atoms with Crippen LogP contribution >= 0.6 is 11.3 Å². The summed E-state index contributed by atoms with van der Waals surface area (Å²) < 4.78 is 65.6. The lowest BCUT2D eigenvalue weighted by molar-refractivity contribution is -0.140. The predicted molar refractivity (Wildman–Crippen MR) is 90.7 cm³/mol. The number of alkyl halides is 3. The molecule has 0 saturated carbocycles. The lowest BCUT2D eigenvalue weighted by atomic mass is 9.81. The summed E-state index contributed by atoms with van der Waals surface area (Å²) in [5.41, 5.74) is -1.85. The molecule has 9 heteroatoms. The van der Waals surface area contributed by atoms with Gasteiger partial charge in [-0.25, -0.2) is 13.8 Å². The molecule has 1 aromatic heterocycles. The zero-order chi connectivity index (χ0) is 19.4. The van der Waals surface area contributed by atoms with E-state index in [2.05, 4.69) is 4.98 Å². The molecule has 2 bridgehead atoms. The Morgan fingerprint density at radius 2 is 1.85 bits per heavy atom. The van der Waals surface area contributed by atoms with Crippen molar-refractivity contribution in [2.24, 2.45) is 0 Å². The number of halogens is 5. The summed E-state index contributed by atoms with van der Waals surface area (Å²) in [5.74, 6) is -1.38. The van der Waals surface area contributed by atoms with Gasteiger partial charge in [-0.15, -0.1) is 11.3 Å². The first-order valence-corrected chi connectivity index (χ1v) is 9.50. The Morgan fingerprint density at radius 1 is 1.19 bits per heavy atom. The molecule has 4 rings (SSSR count). The number of hydrogen-bond acceptors (Lipinski definition) is 4. The molecule has 0 aliphatic carbocycles. The third-order valence-electron chi connectivity index (χ3n) is 5.39. The van der Waals surface area contributed by atoms with E-state index in [1.165, 1.54) is 6.07 Å². The van der Waals surface area contributed by atoms with E-state index in [-0.39, 0.29) is 24.1 Å². The summed E-state index contributed by atoms with van der Waals surface area (Å²) in [4.78, 5) is 5.61. The molecule has 1 unspecified atom stereocenters. The van der Waals surface area contributed by atoms with Crippen LogP contribution in [0.2, 0.25) is 0 Å². The third kappa shape index (κ3) is 3.54. The van der Waals surface area contributed by atoms with E-state index in [1.54, 1.807) is 0 Å². The number of fused-ring (bicyclic) bond motifs is 2. The molecule has 2 aliphatic heterocycles. The number of nitrogens with zero attached hydrogens (tertiary/aromatic N) is 2. The molecule has 1 aromatic carbocycles. The average Bonchev–Trinajstić information content (AvgIpc) is 3.13. The van der Waals surface area contributed by atoms with E-state index in [0.29, 0.717) is 18.0 Å². The van der Waals surface area contributed by atoms with Gasteiger partial charge in [0.15, 0.2) is 10.8 Å². The molecule has 27 heavy (non-hydrogen) atoms. The van der Waals surface area contributed by atoms with Crippen molar-refractivity contribution in [1.29, 1.82) is 0 Å². The van der Waals surface area contributed by atoms with Crippen LogP contribution in [0.5, 0.6) is 0 Å². The minimum absolute atomic E-state index is 0.0472. The Kier molecular flexibility index (Phi) is 4.42. The van der Waals surface area contributed by atoms with E-state index in [9.17, 15) is 27.1 Å². The molecular weight excluding hydrogens is 387 g/mol. The lowest BCUT2D eigenvalue weighted by Crippen LogP contribution is -2.52.